The summed E-state index contributed by atoms with van der Waals surface area (Å²) in [7, 11) is 0. The lowest BCUT2D eigenvalue weighted by Crippen LogP contribution is -1.99. The van der Waals surface area contributed by atoms with Crippen LogP contribution in [0.25, 0.3) is 0 Å². The first-order valence-electron chi connectivity index (χ1n) is 5.56. The van der Waals surface area contributed by atoms with E-state index in [9.17, 15) is 4.79 Å². The molecule has 0 N–H and O–H groups in total. The number of rotatable bonds is 2. The van der Waals surface area contributed by atoms with Crippen LogP contribution in [0.5, 0.6) is 0 Å². The summed E-state index contributed by atoms with van der Waals surface area (Å²) in [5.74, 6) is 0.257. The molecule has 0 saturated carbocycles. The zero-order chi connectivity index (χ0) is 11.7. The molecule has 1 saturated heterocycles. The minimum absolute atomic E-state index is 0.138. The van der Waals surface area contributed by atoms with Gasteiger partial charge in [0.15, 0.2) is 0 Å². The molecule has 84 valence electrons. The highest BCUT2D eigenvalue weighted by Gasteiger charge is 2.28. The second-order valence-corrected chi connectivity index (χ2v) is 4.52. The maximum Gasteiger partial charge on any atom is 0.334 e. The van der Waals surface area contributed by atoms with Crippen molar-refractivity contribution in [2.45, 2.75) is 32.3 Å². The van der Waals surface area contributed by atoms with Crippen molar-refractivity contribution in [3.05, 3.63) is 47.5 Å². The maximum atomic E-state index is 11.2. The maximum absolute atomic E-state index is 11.2. The van der Waals surface area contributed by atoms with Crippen molar-refractivity contribution >= 4 is 5.97 Å². The average Bonchev–Trinajstić information content (AvgIpc) is 2.59. The van der Waals surface area contributed by atoms with E-state index >= 15 is 0 Å². The van der Waals surface area contributed by atoms with Crippen LogP contribution in [-0.2, 0) is 9.53 Å². The third-order valence-electron chi connectivity index (χ3n) is 2.94. The summed E-state index contributed by atoms with van der Waals surface area (Å²) in [6, 6.07) is 8.25. The SMILES string of the molecule is C=C1C[C@@H](c2ccc(C(C)C)cc2)OC1=O. The highest BCUT2D eigenvalue weighted by molar-refractivity contribution is 5.90. The van der Waals surface area contributed by atoms with Crippen LogP contribution in [0.4, 0.5) is 0 Å². The van der Waals surface area contributed by atoms with E-state index < -0.39 is 0 Å². The molecule has 1 aromatic carbocycles. The fourth-order valence-electron chi connectivity index (χ4n) is 1.84. The van der Waals surface area contributed by atoms with Gasteiger partial charge in [0.25, 0.3) is 0 Å². The second kappa shape index (κ2) is 4.12. The smallest absolute Gasteiger partial charge is 0.334 e. The lowest BCUT2D eigenvalue weighted by Gasteiger charge is -2.11. The Kier molecular flexibility index (Phi) is 2.82. The Labute approximate surface area is 95.9 Å². The molecule has 0 spiro atoms. The highest BCUT2D eigenvalue weighted by atomic mass is 16.5. The topological polar surface area (TPSA) is 26.3 Å². The first-order chi connectivity index (χ1) is 7.58. The molecule has 0 amide bonds. The first-order valence-corrected chi connectivity index (χ1v) is 5.56. The summed E-state index contributed by atoms with van der Waals surface area (Å²) in [5, 5.41) is 0. The minimum atomic E-state index is -0.266. The molecule has 0 aromatic heterocycles. The Morgan fingerprint density at radius 2 is 1.94 bits per heavy atom. The monoisotopic (exact) mass is 216 g/mol. The Hall–Kier alpha value is -1.57. The van der Waals surface area contributed by atoms with Crippen LogP contribution < -0.4 is 0 Å². The molecule has 1 heterocycles. The van der Waals surface area contributed by atoms with Gasteiger partial charge in [-0.15, -0.1) is 0 Å². The Bertz CT molecular complexity index is 399. The molecule has 2 nitrogen and oxygen atoms in total. The largest absolute Gasteiger partial charge is 0.454 e. The van der Waals surface area contributed by atoms with E-state index in [0.29, 0.717) is 17.9 Å². The molecule has 16 heavy (non-hydrogen) atoms. The van der Waals surface area contributed by atoms with Gasteiger partial charge in [-0.2, -0.15) is 0 Å². The van der Waals surface area contributed by atoms with Gasteiger partial charge < -0.3 is 4.74 Å². The molecular formula is C14H16O2. The van der Waals surface area contributed by atoms with Crippen molar-refractivity contribution in [2.24, 2.45) is 0 Å². The van der Waals surface area contributed by atoms with E-state index in [1.807, 2.05) is 12.1 Å². The van der Waals surface area contributed by atoms with Crippen molar-refractivity contribution in [2.75, 3.05) is 0 Å². The number of carbonyl (C=O) groups is 1. The van der Waals surface area contributed by atoms with E-state index in [4.69, 9.17) is 4.74 Å². The van der Waals surface area contributed by atoms with Crippen LogP contribution in [-0.4, -0.2) is 5.97 Å². The van der Waals surface area contributed by atoms with E-state index in [2.05, 4.69) is 32.6 Å². The molecule has 1 fully saturated rings. The average molecular weight is 216 g/mol. The molecule has 0 bridgehead atoms. The highest BCUT2D eigenvalue weighted by Crippen LogP contribution is 2.32. The van der Waals surface area contributed by atoms with Gasteiger partial charge in [-0.05, 0) is 17.0 Å². The van der Waals surface area contributed by atoms with Crippen LogP contribution in [0.15, 0.2) is 36.4 Å². The predicted molar refractivity (Wildman–Crippen MR) is 63.1 cm³/mol. The van der Waals surface area contributed by atoms with E-state index in [-0.39, 0.29) is 12.1 Å². The van der Waals surface area contributed by atoms with Crippen molar-refractivity contribution in [1.29, 1.82) is 0 Å². The Balaban J connectivity index is 2.17. The van der Waals surface area contributed by atoms with Crippen LogP contribution in [0.3, 0.4) is 0 Å². The van der Waals surface area contributed by atoms with Crippen LogP contribution in [0.1, 0.15) is 43.4 Å². The number of hydrogen-bond acceptors (Lipinski definition) is 2. The second-order valence-electron chi connectivity index (χ2n) is 4.52. The molecule has 2 heteroatoms. The third-order valence-corrected chi connectivity index (χ3v) is 2.94. The molecule has 1 aliphatic heterocycles. The van der Waals surface area contributed by atoms with E-state index in [1.165, 1.54) is 5.56 Å². The molecule has 1 aromatic rings. The summed E-state index contributed by atoms with van der Waals surface area (Å²) < 4.78 is 5.22. The molecule has 0 radical (unpaired) electrons. The number of esters is 1. The van der Waals surface area contributed by atoms with Crippen LogP contribution in [0, 0.1) is 0 Å². The minimum Gasteiger partial charge on any atom is -0.454 e. The van der Waals surface area contributed by atoms with Crippen molar-refractivity contribution in [1.82, 2.24) is 0 Å². The fourth-order valence-corrected chi connectivity index (χ4v) is 1.84. The third kappa shape index (κ3) is 2.01. The predicted octanol–water partition coefficient (Wildman–Crippen LogP) is 3.35. The van der Waals surface area contributed by atoms with Gasteiger partial charge in [0.1, 0.15) is 6.10 Å². The molecule has 0 aliphatic carbocycles. The lowest BCUT2D eigenvalue weighted by atomic mass is 9.99. The van der Waals surface area contributed by atoms with Crippen molar-refractivity contribution in [3.63, 3.8) is 0 Å². The molecule has 2 rings (SSSR count). The van der Waals surface area contributed by atoms with Gasteiger partial charge in [0.05, 0.1) is 0 Å². The van der Waals surface area contributed by atoms with Crippen molar-refractivity contribution < 1.29 is 9.53 Å². The Morgan fingerprint density at radius 1 is 1.31 bits per heavy atom. The first kappa shape index (κ1) is 10.9. The van der Waals surface area contributed by atoms with E-state index in [0.717, 1.165) is 5.56 Å². The van der Waals surface area contributed by atoms with Gasteiger partial charge in [-0.25, -0.2) is 4.79 Å². The summed E-state index contributed by atoms with van der Waals surface area (Å²) in [6.45, 7) is 8.00. The standard InChI is InChI=1S/C14H16O2/c1-9(2)11-4-6-12(7-5-11)13-8-10(3)14(15)16-13/h4-7,9,13H,3,8H2,1-2H3/t13-/m0/s1. The fraction of sp³-hybridized carbons (Fsp3) is 0.357. The quantitative estimate of drug-likeness (QED) is 0.559. The Morgan fingerprint density at radius 3 is 2.38 bits per heavy atom. The molecule has 0 unspecified atom stereocenters. The lowest BCUT2D eigenvalue weighted by molar-refractivity contribution is -0.139. The normalized spacial score (nSPS) is 20.3. The van der Waals surface area contributed by atoms with Gasteiger partial charge >= 0.3 is 5.97 Å². The molecule has 1 atom stereocenters. The number of cyclic esters (lactones) is 1. The number of benzene rings is 1. The van der Waals surface area contributed by atoms with Gasteiger partial charge in [-0.3, -0.25) is 0 Å². The summed E-state index contributed by atoms with van der Waals surface area (Å²) in [6.07, 6.45) is 0.473. The number of hydrogen-bond donors (Lipinski definition) is 0. The molecular weight excluding hydrogens is 200 g/mol. The van der Waals surface area contributed by atoms with Crippen LogP contribution in [0.2, 0.25) is 0 Å². The number of ether oxygens (including phenoxy) is 1. The summed E-state index contributed by atoms with van der Waals surface area (Å²) >= 11 is 0. The molecule has 1 aliphatic rings. The van der Waals surface area contributed by atoms with Crippen LogP contribution >= 0.6 is 0 Å². The van der Waals surface area contributed by atoms with Gasteiger partial charge in [-0.1, -0.05) is 44.7 Å². The van der Waals surface area contributed by atoms with Gasteiger partial charge in [0, 0.05) is 12.0 Å². The summed E-state index contributed by atoms with van der Waals surface area (Å²) in [4.78, 5) is 11.2. The summed E-state index contributed by atoms with van der Waals surface area (Å²) in [5.41, 5.74) is 2.92. The zero-order valence-corrected chi connectivity index (χ0v) is 9.69. The zero-order valence-electron chi connectivity index (χ0n) is 9.69. The number of carbonyl (C=O) groups excluding carboxylic acids is 1. The van der Waals surface area contributed by atoms with Crippen molar-refractivity contribution in [3.8, 4) is 0 Å². The van der Waals surface area contributed by atoms with E-state index in [1.54, 1.807) is 0 Å². The van der Waals surface area contributed by atoms with Gasteiger partial charge in [0.2, 0.25) is 0 Å².